The molecule has 0 aliphatic rings. The summed E-state index contributed by atoms with van der Waals surface area (Å²) in [7, 11) is -0.474. The normalized spacial score (nSPS) is 10.8. The number of benzene rings is 4. The van der Waals surface area contributed by atoms with E-state index in [4.69, 9.17) is 0 Å². The van der Waals surface area contributed by atoms with Gasteiger partial charge in [-0.05, 0) is 42.7 Å². The maximum atomic E-state index is 2.42. The van der Waals surface area contributed by atoms with E-state index in [0.717, 1.165) is 11.8 Å². The number of fused-ring (bicyclic) bond motifs is 2. The molecular weight excluding hydrogens is 768 g/mol. The van der Waals surface area contributed by atoms with Crippen molar-refractivity contribution in [1.29, 1.82) is 0 Å². The smallest absolute Gasteiger partial charge is 1.00 e. The van der Waals surface area contributed by atoms with Crippen molar-refractivity contribution in [3.05, 3.63) is 133 Å². The van der Waals surface area contributed by atoms with Crippen molar-refractivity contribution in [2.45, 2.75) is 27.7 Å². The first-order valence-electron chi connectivity index (χ1n) is 14.4. The van der Waals surface area contributed by atoms with Crippen molar-refractivity contribution in [3.8, 4) is 0 Å². The van der Waals surface area contributed by atoms with Crippen molar-refractivity contribution in [2.75, 3.05) is 12.3 Å². The third kappa shape index (κ3) is 10.2. The molecule has 5 heteroatoms. The van der Waals surface area contributed by atoms with Crippen LogP contribution in [0.25, 0.3) is 21.5 Å². The first-order valence-corrected chi connectivity index (χ1v) is 17.5. The summed E-state index contributed by atoms with van der Waals surface area (Å²) >= 11 is 0. The molecule has 43 heavy (non-hydrogen) atoms. The second-order valence-electron chi connectivity index (χ2n) is 11.4. The van der Waals surface area contributed by atoms with E-state index in [2.05, 4.69) is 161 Å². The van der Waals surface area contributed by atoms with Crippen LogP contribution in [0.1, 0.15) is 27.7 Å². The minimum Gasteiger partial charge on any atom is -1.00 e. The molecular formula is C38H40Cl2HfP2. The zero-order chi connectivity index (χ0) is 27.9. The zero-order valence-electron chi connectivity index (χ0n) is 25.4. The van der Waals surface area contributed by atoms with Gasteiger partial charge in [-0.3, -0.25) is 0 Å². The van der Waals surface area contributed by atoms with Crippen LogP contribution in [0.15, 0.2) is 133 Å². The van der Waals surface area contributed by atoms with E-state index in [1.807, 2.05) is 0 Å². The minimum absolute atomic E-state index is 0. The SMILES string of the molecule is CC(C)CP(CC(C)C)c1cc2ccccc2[cH-]1.[Cl-].[Cl-].[Hf+4].c1ccc(P(c2ccccc2)c2cc3ccccc3[cH-]2)cc1. The van der Waals surface area contributed by atoms with Crippen LogP contribution < -0.4 is 46.0 Å². The third-order valence-electron chi connectivity index (χ3n) is 7.03. The average molecular weight is 808 g/mol. The number of halogens is 2. The minimum atomic E-state index is -0.493. The van der Waals surface area contributed by atoms with E-state index in [9.17, 15) is 0 Å². The molecule has 6 aromatic carbocycles. The van der Waals surface area contributed by atoms with Crippen molar-refractivity contribution in [1.82, 2.24) is 0 Å². The Kier molecular flexibility index (Phi) is 16.1. The molecule has 6 rings (SSSR count). The van der Waals surface area contributed by atoms with E-state index < -0.39 is 7.92 Å². The maximum Gasteiger partial charge on any atom is 4.00 e. The van der Waals surface area contributed by atoms with Gasteiger partial charge in [-0.2, -0.15) is 12.1 Å². The average Bonchev–Trinajstić information content (AvgIpc) is 3.58. The standard InChI is InChI=1S/C21H16P.C17H24P.2ClH.Hf/c1-3-11-19(12-4-1)22(20-13-5-2-6-14-20)21-15-17-9-7-8-10-18(17)16-21;1-13(2)11-18(12-14(3)4)17-9-15-7-5-6-8-16(15)10-17;;;/h1-16H;5-10,13-14H,11-12H2,1-4H3;2*1H;/q2*-1;;;+4/p-2. The van der Waals surface area contributed by atoms with Crippen molar-refractivity contribution < 1.29 is 50.7 Å². The summed E-state index contributed by atoms with van der Waals surface area (Å²) in [6.45, 7) is 9.38. The van der Waals surface area contributed by atoms with Gasteiger partial charge in [0, 0.05) is 0 Å². The summed E-state index contributed by atoms with van der Waals surface area (Å²) in [5.41, 5.74) is 0. The Balaban J connectivity index is 0.000000286. The molecule has 0 bridgehead atoms. The van der Waals surface area contributed by atoms with Gasteiger partial charge in [0.05, 0.1) is 0 Å². The van der Waals surface area contributed by atoms with Crippen LogP contribution in [0.3, 0.4) is 0 Å². The van der Waals surface area contributed by atoms with Crippen molar-refractivity contribution in [2.24, 2.45) is 11.8 Å². The fraction of sp³-hybridized carbons (Fsp3) is 0.211. The van der Waals surface area contributed by atoms with Gasteiger partial charge < -0.3 is 24.8 Å². The molecule has 0 aromatic heterocycles. The van der Waals surface area contributed by atoms with Gasteiger partial charge in [0.15, 0.2) is 0 Å². The summed E-state index contributed by atoms with van der Waals surface area (Å²) in [6, 6.07) is 48.6. The fourth-order valence-corrected chi connectivity index (χ4v) is 10.7. The Morgan fingerprint density at radius 1 is 0.512 bits per heavy atom. The largest absolute Gasteiger partial charge is 4.00 e. The monoisotopic (exact) mass is 808 g/mol. The van der Waals surface area contributed by atoms with Crippen LogP contribution in [-0.2, 0) is 25.8 Å². The molecule has 0 saturated carbocycles. The second-order valence-corrected chi connectivity index (χ2v) is 15.9. The van der Waals surface area contributed by atoms with Gasteiger partial charge >= 0.3 is 25.8 Å². The molecule has 0 unspecified atom stereocenters. The molecule has 0 spiro atoms. The predicted molar refractivity (Wildman–Crippen MR) is 184 cm³/mol. The van der Waals surface area contributed by atoms with E-state index in [0.29, 0.717) is 0 Å². The van der Waals surface area contributed by atoms with Gasteiger partial charge in [-0.25, -0.2) is 0 Å². The van der Waals surface area contributed by atoms with Gasteiger partial charge in [0.2, 0.25) is 0 Å². The van der Waals surface area contributed by atoms with E-state index in [-0.39, 0.29) is 58.6 Å². The van der Waals surface area contributed by atoms with Crippen LogP contribution in [-0.4, -0.2) is 12.3 Å². The van der Waals surface area contributed by atoms with E-state index >= 15 is 0 Å². The van der Waals surface area contributed by atoms with Gasteiger partial charge in [-0.15, -0.1) is 80.7 Å². The van der Waals surface area contributed by atoms with Crippen molar-refractivity contribution >= 4 is 58.6 Å². The fourth-order valence-electron chi connectivity index (χ4n) is 5.35. The number of hydrogen-bond acceptors (Lipinski definition) is 0. The molecule has 0 nitrogen and oxygen atoms in total. The molecule has 0 aliphatic carbocycles. The molecule has 0 radical (unpaired) electrons. The molecule has 0 saturated heterocycles. The summed E-state index contributed by atoms with van der Waals surface area (Å²) in [4.78, 5) is 0. The Morgan fingerprint density at radius 2 is 0.884 bits per heavy atom. The molecule has 6 aromatic rings. The Morgan fingerprint density at radius 3 is 1.30 bits per heavy atom. The van der Waals surface area contributed by atoms with E-state index in [1.54, 1.807) is 5.30 Å². The topological polar surface area (TPSA) is 0 Å². The summed E-state index contributed by atoms with van der Waals surface area (Å²) in [5.74, 6) is 1.60. The Labute approximate surface area is 292 Å². The Hall–Kier alpha value is -1.59. The molecule has 220 valence electrons. The molecule has 0 atom stereocenters. The number of hydrogen-bond donors (Lipinski definition) is 0. The summed E-state index contributed by atoms with van der Waals surface area (Å²) < 4.78 is 0. The number of rotatable bonds is 8. The zero-order valence-corrected chi connectivity index (χ0v) is 32.3. The molecule has 0 N–H and O–H groups in total. The molecule has 0 heterocycles. The maximum absolute atomic E-state index is 2.42. The van der Waals surface area contributed by atoms with Crippen molar-refractivity contribution in [3.63, 3.8) is 0 Å². The Bertz CT molecular complexity index is 1510. The first kappa shape index (κ1) is 37.6. The molecule has 0 aliphatic heterocycles. The summed E-state index contributed by atoms with van der Waals surface area (Å²) in [6.07, 6.45) is 2.73. The van der Waals surface area contributed by atoms with Gasteiger partial charge in [0.25, 0.3) is 0 Å². The van der Waals surface area contributed by atoms with Gasteiger partial charge in [0.1, 0.15) is 0 Å². The molecule has 0 fully saturated rings. The van der Waals surface area contributed by atoms with Crippen LogP contribution in [0.2, 0.25) is 0 Å². The van der Waals surface area contributed by atoms with Crippen LogP contribution >= 0.6 is 15.8 Å². The predicted octanol–water partition coefficient (Wildman–Crippen LogP) is 3.30. The van der Waals surface area contributed by atoms with E-state index in [1.165, 1.54) is 49.8 Å². The quantitative estimate of drug-likeness (QED) is 0.126. The summed E-state index contributed by atoms with van der Waals surface area (Å²) in [5, 5.41) is 11.3. The second kappa shape index (κ2) is 18.4. The van der Waals surface area contributed by atoms with Crippen LogP contribution in [0.5, 0.6) is 0 Å². The third-order valence-corrected chi connectivity index (χ3v) is 12.8. The van der Waals surface area contributed by atoms with Crippen LogP contribution in [0.4, 0.5) is 0 Å². The van der Waals surface area contributed by atoms with Gasteiger partial charge in [-0.1, -0.05) is 108 Å². The first-order chi connectivity index (χ1) is 19.5. The molecule has 0 amide bonds. The van der Waals surface area contributed by atoms with Crippen LogP contribution in [0, 0.1) is 11.8 Å².